The number of anilines is 3. The summed E-state index contributed by atoms with van der Waals surface area (Å²) < 4.78 is 1.38. The molecule has 0 saturated carbocycles. The van der Waals surface area contributed by atoms with Crippen LogP contribution in [0.25, 0.3) is 10.9 Å². The Labute approximate surface area is 184 Å². The lowest BCUT2D eigenvalue weighted by molar-refractivity contribution is -0.116. The van der Waals surface area contributed by atoms with Crippen molar-refractivity contribution in [1.82, 2.24) is 9.55 Å². The molecule has 0 unspecified atom stereocenters. The maximum atomic E-state index is 12.9. The number of rotatable bonds is 5. The predicted molar refractivity (Wildman–Crippen MR) is 125 cm³/mol. The minimum absolute atomic E-state index is 0.160. The SMILES string of the molecule is Cc1ccc(NC(=O)Cn2c(=O)nc(N(C)c3ccccc3)c3ccccc32)cc1Cl. The van der Waals surface area contributed by atoms with Crippen molar-refractivity contribution in [3.8, 4) is 0 Å². The van der Waals surface area contributed by atoms with Crippen molar-refractivity contribution in [3.63, 3.8) is 0 Å². The highest BCUT2D eigenvalue weighted by Gasteiger charge is 2.16. The zero-order valence-corrected chi connectivity index (χ0v) is 17.9. The molecule has 7 heteroatoms. The van der Waals surface area contributed by atoms with E-state index in [1.54, 1.807) is 12.1 Å². The lowest BCUT2D eigenvalue weighted by atomic mass is 10.2. The van der Waals surface area contributed by atoms with E-state index in [1.165, 1.54) is 4.57 Å². The van der Waals surface area contributed by atoms with Crippen LogP contribution >= 0.6 is 11.6 Å². The Morgan fingerprint density at radius 2 is 1.77 bits per heavy atom. The van der Waals surface area contributed by atoms with Crippen molar-refractivity contribution in [2.75, 3.05) is 17.3 Å². The summed E-state index contributed by atoms with van der Waals surface area (Å²) in [6, 6.07) is 22.4. The fourth-order valence-corrected chi connectivity index (χ4v) is 3.59. The summed E-state index contributed by atoms with van der Waals surface area (Å²) in [6.07, 6.45) is 0. The molecule has 0 aliphatic carbocycles. The number of carbonyl (C=O) groups excluding carboxylic acids is 1. The first kappa shape index (κ1) is 20.6. The lowest BCUT2D eigenvalue weighted by Crippen LogP contribution is -2.31. The van der Waals surface area contributed by atoms with Gasteiger partial charge in [0, 0.05) is 28.8 Å². The molecule has 0 spiro atoms. The van der Waals surface area contributed by atoms with Gasteiger partial charge < -0.3 is 10.2 Å². The Bertz CT molecular complexity index is 1320. The van der Waals surface area contributed by atoms with Gasteiger partial charge in [-0.1, -0.05) is 48.0 Å². The van der Waals surface area contributed by atoms with Crippen LogP contribution in [0.5, 0.6) is 0 Å². The number of para-hydroxylation sites is 2. The number of hydrogen-bond donors (Lipinski definition) is 1. The molecule has 0 aliphatic heterocycles. The van der Waals surface area contributed by atoms with E-state index >= 15 is 0 Å². The molecule has 3 aromatic carbocycles. The normalized spacial score (nSPS) is 10.8. The quantitative estimate of drug-likeness (QED) is 0.493. The third-order valence-corrected chi connectivity index (χ3v) is 5.49. The summed E-state index contributed by atoms with van der Waals surface area (Å²) >= 11 is 6.14. The number of benzene rings is 3. The number of carbonyl (C=O) groups is 1. The van der Waals surface area contributed by atoms with E-state index < -0.39 is 5.69 Å². The zero-order valence-electron chi connectivity index (χ0n) is 17.2. The number of aromatic nitrogens is 2. The van der Waals surface area contributed by atoms with E-state index in [9.17, 15) is 9.59 Å². The van der Waals surface area contributed by atoms with Crippen LogP contribution in [0.1, 0.15) is 5.56 Å². The van der Waals surface area contributed by atoms with Gasteiger partial charge in [0.05, 0.1) is 5.52 Å². The number of aryl methyl sites for hydroxylation is 1. The van der Waals surface area contributed by atoms with Crippen LogP contribution in [-0.2, 0) is 11.3 Å². The molecular formula is C24H21ClN4O2. The largest absolute Gasteiger partial charge is 0.350 e. The van der Waals surface area contributed by atoms with Crippen LogP contribution in [0.15, 0.2) is 77.6 Å². The Kier molecular flexibility index (Phi) is 5.73. The molecule has 0 radical (unpaired) electrons. The molecule has 1 aromatic heterocycles. The number of hydrogen-bond acceptors (Lipinski definition) is 4. The monoisotopic (exact) mass is 432 g/mol. The molecule has 0 aliphatic rings. The van der Waals surface area contributed by atoms with Crippen molar-refractivity contribution >= 4 is 45.6 Å². The summed E-state index contributed by atoms with van der Waals surface area (Å²) in [5.41, 5.74) is 2.55. The van der Waals surface area contributed by atoms with E-state index in [-0.39, 0.29) is 12.5 Å². The second kappa shape index (κ2) is 8.62. The maximum Gasteiger partial charge on any atom is 0.350 e. The summed E-state index contributed by atoms with van der Waals surface area (Å²) in [7, 11) is 1.86. The molecule has 4 aromatic rings. The highest BCUT2D eigenvalue weighted by Crippen LogP contribution is 2.28. The summed E-state index contributed by atoms with van der Waals surface area (Å²) in [4.78, 5) is 31.7. The lowest BCUT2D eigenvalue weighted by Gasteiger charge is -2.21. The van der Waals surface area contributed by atoms with Crippen LogP contribution in [0.4, 0.5) is 17.2 Å². The van der Waals surface area contributed by atoms with Crippen LogP contribution in [0.2, 0.25) is 5.02 Å². The third kappa shape index (κ3) is 4.29. The standard InChI is InChI=1S/C24H21ClN4O2/c1-16-12-13-17(14-20(16)25)26-22(30)15-29-21-11-7-6-10-19(21)23(27-24(29)31)28(2)18-8-4-3-5-9-18/h3-14H,15H2,1-2H3,(H,26,30). The van der Waals surface area contributed by atoms with Gasteiger partial charge in [0.1, 0.15) is 12.4 Å². The fraction of sp³-hybridized carbons (Fsp3) is 0.125. The molecule has 31 heavy (non-hydrogen) atoms. The number of halogens is 1. The van der Waals surface area contributed by atoms with Crippen molar-refractivity contribution in [3.05, 3.63) is 93.9 Å². The maximum absolute atomic E-state index is 12.9. The van der Waals surface area contributed by atoms with Gasteiger partial charge >= 0.3 is 5.69 Å². The molecule has 6 nitrogen and oxygen atoms in total. The minimum Gasteiger partial charge on any atom is -0.329 e. The molecule has 0 saturated heterocycles. The predicted octanol–water partition coefficient (Wildman–Crippen LogP) is 4.76. The van der Waals surface area contributed by atoms with Crippen molar-refractivity contribution < 1.29 is 4.79 Å². The molecule has 1 N–H and O–H groups in total. The molecule has 0 fully saturated rings. The second-order valence-electron chi connectivity index (χ2n) is 7.23. The molecule has 4 rings (SSSR count). The van der Waals surface area contributed by atoms with Gasteiger partial charge in [-0.25, -0.2) is 4.79 Å². The zero-order chi connectivity index (χ0) is 22.0. The Balaban J connectivity index is 1.69. The van der Waals surface area contributed by atoms with Gasteiger partial charge in [0.25, 0.3) is 0 Å². The molecule has 156 valence electrons. The topological polar surface area (TPSA) is 67.2 Å². The van der Waals surface area contributed by atoms with E-state index in [4.69, 9.17) is 11.6 Å². The Morgan fingerprint density at radius 1 is 1.06 bits per heavy atom. The number of amides is 1. The van der Waals surface area contributed by atoms with E-state index in [0.29, 0.717) is 22.0 Å². The van der Waals surface area contributed by atoms with E-state index in [1.807, 2.05) is 79.5 Å². The van der Waals surface area contributed by atoms with Gasteiger partial charge in [-0.05, 0) is 48.9 Å². The van der Waals surface area contributed by atoms with Gasteiger partial charge in [-0.3, -0.25) is 9.36 Å². The smallest absolute Gasteiger partial charge is 0.329 e. The van der Waals surface area contributed by atoms with Crippen LogP contribution in [0, 0.1) is 6.92 Å². The average Bonchev–Trinajstić information content (AvgIpc) is 2.78. The van der Waals surface area contributed by atoms with Gasteiger partial charge in [-0.15, -0.1) is 0 Å². The molecule has 0 atom stereocenters. The molecule has 0 bridgehead atoms. The van der Waals surface area contributed by atoms with E-state index in [2.05, 4.69) is 10.3 Å². The van der Waals surface area contributed by atoms with Crippen molar-refractivity contribution in [2.24, 2.45) is 0 Å². The van der Waals surface area contributed by atoms with Gasteiger partial charge in [0.15, 0.2) is 0 Å². The Morgan fingerprint density at radius 3 is 2.52 bits per heavy atom. The second-order valence-corrected chi connectivity index (χ2v) is 7.64. The number of nitrogens with one attached hydrogen (secondary N) is 1. The minimum atomic E-state index is -0.492. The summed E-state index contributed by atoms with van der Waals surface area (Å²) in [5.74, 6) is 0.201. The first-order valence-electron chi connectivity index (χ1n) is 9.78. The molecule has 1 heterocycles. The average molecular weight is 433 g/mol. The van der Waals surface area contributed by atoms with Crippen LogP contribution < -0.4 is 15.9 Å². The van der Waals surface area contributed by atoms with Crippen LogP contribution in [0.3, 0.4) is 0 Å². The Hall–Kier alpha value is -3.64. The molecule has 1 amide bonds. The van der Waals surface area contributed by atoms with Gasteiger partial charge in [0.2, 0.25) is 5.91 Å². The first-order chi connectivity index (χ1) is 14.9. The van der Waals surface area contributed by atoms with Crippen molar-refractivity contribution in [2.45, 2.75) is 13.5 Å². The fourth-order valence-electron chi connectivity index (χ4n) is 3.41. The molecular weight excluding hydrogens is 412 g/mol. The van der Waals surface area contributed by atoms with E-state index in [0.717, 1.165) is 16.6 Å². The number of fused-ring (bicyclic) bond motifs is 1. The summed E-state index contributed by atoms with van der Waals surface area (Å²) in [5, 5.41) is 4.13. The highest BCUT2D eigenvalue weighted by molar-refractivity contribution is 6.31. The summed E-state index contributed by atoms with van der Waals surface area (Å²) in [6.45, 7) is 1.73. The number of nitrogens with zero attached hydrogens (tertiary/aromatic N) is 3. The van der Waals surface area contributed by atoms with Crippen molar-refractivity contribution in [1.29, 1.82) is 0 Å². The highest BCUT2D eigenvalue weighted by atomic mass is 35.5. The third-order valence-electron chi connectivity index (χ3n) is 5.09. The first-order valence-corrected chi connectivity index (χ1v) is 10.2. The van der Waals surface area contributed by atoms with Gasteiger partial charge in [-0.2, -0.15) is 4.98 Å². The van der Waals surface area contributed by atoms with Crippen LogP contribution in [-0.4, -0.2) is 22.5 Å².